The van der Waals surface area contributed by atoms with Crippen molar-refractivity contribution in [3.63, 3.8) is 0 Å². The summed E-state index contributed by atoms with van der Waals surface area (Å²) in [5, 5.41) is 0.235. The first-order chi connectivity index (χ1) is 14.1. The predicted octanol–water partition coefficient (Wildman–Crippen LogP) is 7.97. The van der Waals surface area contributed by atoms with Crippen molar-refractivity contribution in [1.29, 1.82) is 0 Å². The molecule has 30 heavy (non-hydrogen) atoms. The van der Waals surface area contributed by atoms with E-state index in [1.165, 1.54) is 56.7 Å². The third-order valence-corrected chi connectivity index (χ3v) is 31.0. The van der Waals surface area contributed by atoms with Crippen molar-refractivity contribution < 1.29 is 4.43 Å². The van der Waals surface area contributed by atoms with Gasteiger partial charge in [0.15, 0.2) is 0 Å². The predicted molar refractivity (Wildman–Crippen MR) is 140 cm³/mol. The van der Waals surface area contributed by atoms with Crippen LogP contribution in [0.25, 0.3) is 4.83 Å². The molecule has 2 aromatic rings. The van der Waals surface area contributed by atoms with E-state index in [1.807, 2.05) is 6.33 Å². The molecule has 0 atom stereocenters. The van der Waals surface area contributed by atoms with E-state index in [-0.39, 0.29) is 5.04 Å². The van der Waals surface area contributed by atoms with Gasteiger partial charge in [-0.2, -0.15) is 0 Å². The molecule has 6 heteroatoms. The van der Waals surface area contributed by atoms with Crippen LogP contribution in [0.5, 0.6) is 0 Å². The second-order valence-corrected chi connectivity index (χ2v) is 30.6. The van der Waals surface area contributed by atoms with Crippen LogP contribution in [0.3, 0.4) is 0 Å². The standard InChI is InChI=1S/C12H19N2OSSi.3C4H9.Sn/c1-12(2,3)17(4,5)15-8-10-11-14(9-13-10)6-7-16-11;3*1-3-4-2;/h6,9H,8H2,1-5H3;3*1,3-4H2,2H3;. The molecule has 0 N–H and O–H groups in total. The van der Waals surface area contributed by atoms with E-state index in [4.69, 9.17) is 9.41 Å². The molecule has 0 unspecified atom stereocenters. The molecular weight excluding hydrogens is 511 g/mol. The van der Waals surface area contributed by atoms with Gasteiger partial charge in [-0.15, -0.1) is 0 Å². The van der Waals surface area contributed by atoms with Gasteiger partial charge in [-0.1, -0.05) is 0 Å². The van der Waals surface area contributed by atoms with Gasteiger partial charge in [0.05, 0.1) is 0 Å². The Morgan fingerprint density at radius 2 is 1.53 bits per heavy atom. The van der Waals surface area contributed by atoms with E-state index < -0.39 is 26.7 Å². The first-order valence-corrected chi connectivity index (χ1v) is 23.4. The third-order valence-electron chi connectivity index (χ3n) is 7.21. The summed E-state index contributed by atoms with van der Waals surface area (Å²) in [4.78, 5) is 6.09. The van der Waals surface area contributed by atoms with Gasteiger partial charge < -0.3 is 0 Å². The average Bonchev–Trinajstić information content (AvgIpc) is 3.27. The molecule has 0 saturated heterocycles. The van der Waals surface area contributed by atoms with E-state index in [0.717, 1.165) is 5.69 Å². The van der Waals surface area contributed by atoms with Gasteiger partial charge in [-0.3, -0.25) is 0 Å². The zero-order valence-electron chi connectivity index (χ0n) is 20.9. The van der Waals surface area contributed by atoms with Gasteiger partial charge in [0.2, 0.25) is 0 Å². The Morgan fingerprint density at radius 1 is 1.00 bits per heavy atom. The molecule has 3 nitrogen and oxygen atoms in total. The number of fused-ring (bicyclic) bond motifs is 1. The molecule has 0 aliphatic heterocycles. The van der Waals surface area contributed by atoms with Gasteiger partial charge in [-0.05, 0) is 0 Å². The fourth-order valence-corrected chi connectivity index (χ4v) is 24.9. The van der Waals surface area contributed by atoms with E-state index >= 15 is 0 Å². The van der Waals surface area contributed by atoms with Crippen molar-refractivity contribution in [1.82, 2.24) is 9.38 Å². The first kappa shape index (κ1) is 26.4. The number of imidazole rings is 1. The summed E-state index contributed by atoms with van der Waals surface area (Å²) in [5.74, 6) is 0. The van der Waals surface area contributed by atoms with E-state index in [9.17, 15) is 0 Å². The summed E-state index contributed by atoms with van der Waals surface area (Å²) < 4.78 is 15.2. The summed E-state index contributed by atoms with van der Waals surface area (Å²) in [5.41, 5.74) is 1.15. The summed E-state index contributed by atoms with van der Waals surface area (Å²) in [6, 6.07) is 0. The van der Waals surface area contributed by atoms with Crippen molar-refractivity contribution in [2.75, 3.05) is 0 Å². The van der Waals surface area contributed by atoms with E-state index in [0.29, 0.717) is 6.61 Å². The third kappa shape index (κ3) is 6.35. The molecule has 0 radical (unpaired) electrons. The second-order valence-electron chi connectivity index (χ2n) is 10.6. The monoisotopic (exact) mass is 558 g/mol. The molecule has 0 saturated carbocycles. The topological polar surface area (TPSA) is 26.5 Å². The van der Waals surface area contributed by atoms with Gasteiger partial charge in [0.25, 0.3) is 0 Å². The van der Waals surface area contributed by atoms with Crippen LogP contribution in [-0.4, -0.2) is 36.1 Å². The summed E-state index contributed by atoms with van der Waals surface area (Å²) in [6.07, 6.45) is 12.7. The Morgan fingerprint density at radius 3 is 2.00 bits per heavy atom. The van der Waals surface area contributed by atoms with Crippen LogP contribution in [0, 0.1) is 0 Å². The zero-order valence-corrected chi connectivity index (χ0v) is 25.6. The molecule has 0 amide bonds. The van der Waals surface area contributed by atoms with Crippen LogP contribution in [0.4, 0.5) is 0 Å². The maximum absolute atomic E-state index is 6.52. The van der Waals surface area contributed by atoms with E-state index in [2.05, 4.69) is 76.6 Å². The molecule has 0 fully saturated rings. The van der Waals surface area contributed by atoms with Crippen LogP contribution in [-0.2, 0) is 11.0 Å². The summed E-state index contributed by atoms with van der Waals surface area (Å²) >= 11 is -0.298. The van der Waals surface area contributed by atoms with Gasteiger partial charge in [-0.25, -0.2) is 0 Å². The average molecular weight is 558 g/mol. The Labute approximate surface area is 195 Å². The number of nitrogens with zero attached hydrogens (tertiary/aromatic N) is 2. The Kier molecular flexibility index (Phi) is 9.97. The summed E-state index contributed by atoms with van der Waals surface area (Å²) in [6.45, 7) is 19.3. The molecule has 0 aliphatic rings. The molecule has 2 heterocycles. The normalized spacial score (nSPS) is 13.5. The van der Waals surface area contributed by atoms with Crippen molar-refractivity contribution in [3.05, 3.63) is 18.2 Å². The van der Waals surface area contributed by atoms with Crippen molar-refractivity contribution in [2.45, 2.75) is 118 Å². The van der Waals surface area contributed by atoms with Crippen LogP contribution in [0.1, 0.15) is 85.8 Å². The van der Waals surface area contributed by atoms with Crippen LogP contribution < -0.4 is 2.89 Å². The quantitative estimate of drug-likeness (QED) is 0.234. The molecule has 0 bridgehead atoms. The molecule has 2 rings (SSSR count). The molecule has 0 aromatic carbocycles. The van der Waals surface area contributed by atoms with Crippen LogP contribution in [0.15, 0.2) is 12.5 Å². The second kappa shape index (κ2) is 11.3. The van der Waals surface area contributed by atoms with Gasteiger partial charge in [0, 0.05) is 0 Å². The Hall–Kier alpha value is 0.146. The van der Waals surface area contributed by atoms with Gasteiger partial charge in [0.1, 0.15) is 0 Å². The van der Waals surface area contributed by atoms with Crippen molar-refractivity contribution >= 4 is 45.8 Å². The number of hydrogen-bond acceptors (Lipinski definition) is 3. The SMILES string of the molecule is CCC[CH2][Sn]([CH2]CCC)([CH2]CCC)[c]1cn2cnc(CO[Si](C)(C)C(C)(C)C)c2s1. The van der Waals surface area contributed by atoms with Gasteiger partial charge >= 0.3 is 196 Å². The Balaban J connectivity index is 2.34. The molecule has 0 spiro atoms. The fraction of sp³-hybridized carbons (Fsp3) is 0.792. The molecule has 172 valence electrons. The number of unbranched alkanes of at least 4 members (excludes halogenated alkanes) is 3. The number of thiazole rings is 1. The minimum absolute atomic E-state index is 0.235. The molecular formula is C24H46N2OSSiSn. The molecule has 2 aromatic heterocycles. The number of aromatic nitrogens is 2. The molecule has 0 aliphatic carbocycles. The van der Waals surface area contributed by atoms with E-state index in [1.54, 1.807) is 2.89 Å². The van der Waals surface area contributed by atoms with Crippen molar-refractivity contribution in [2.24, 2.45) is 0 Å². The first-order valence-electron chi connectivity index (χ1n) is 12.2. The van der Waals surface area contributed by atoms with Crippen molar-refractivity contribution in [3.8, 4) is 0 Å². The summed E-state index contributed by atoms with van der Waals surface area (Å²) in [7, 11) is -1.76. The van der Waals surface area contributed by atoms with Crippen LogP contribution >= 0.6 is 11.3 Å². The Bertz CT molecular complexity index is 756. The maximum atomic E-state index is 6.52. The zero-order chi connectivity index (χ0) is 22.4. The number of rotatable bonds is 13. The number of hydrogen-bond donors (Lipinski definition) is 0. The minimum atomic E-state index is -2.37. The van der Waals surface area contributed by atoms with Crippen LogP contribution in [0.2, 0.25) is 31.4 Å². The fourth-order valence-electron chi connectivity index (χ4n) is 3.95.